The van der Waals surface area contributed by atoms with E-state index >= 15 is 0 Å². The molecule has 0 heterocycles. The zero-order valence-corrected chi connectivity index (χ0v) is 12.9. The van der Waals surface area contributed by atoms with Crippen molar-refractivity contribution in [1.82, 2.24) is 0 Å². The molecule has 0 radical (unpaired) electrons. The molecule has 2 rings (SSSR count). The van der Waals surface area contributed by atoms with Crippen molar-refractivity contribution < 1.29 is 8.95 Å². The molecule has 2 N–H and O–H groups in total. The number of halogens is 1. The molecule has 0 spiro atoms. The fourth-order valence-corrected chi connectivity index (χ4v) is 3.39. The largest absolute Gasteiger partial charge is 0.497 e. The minimum Gasteiger partial charge on any atom is -0.497 e. The number of nitrogen functional groups attached to an aromatic ring is 1. The first-order valence-corrected chi connectivity index (χ1v) is 7.75. The number of benzene rings is 2. The first-order chi connectivity index (χ1) is 10.0. The molecule has 0 bridgehead atoms. The number of nitrogens with two attached hydrogens (primary N) is 1. The van der Waals surface area contributed by atoms with Crippen molar-refractivity contribution in [1.29, 1.82) is 5.26 Å². The third kappa shape index (κ3) is 3.54. The first-order valence-electron chi connectivity index (χ1n) is 6.05. The third-order valence-corrected chi connectivity index (χ3v) is 4.70. The molecule has 2 aromatic carbocycles. The fraction of sp³-hybridized carbons (Fsp3) is 0.133. The maximum Gasteiger partial charge on any atom is 0.120 e. The second-order valence-electron chi connectivity index (χ2n) is 4.31. The van der Waals surface area contributed by atoms with Gasteiger partial charge in [0.15, 0.2) is 0 Å². The van der Waals surface area contributed by atoms with Crippen LogP contribution in [0.25, 0.3) is 0 Å². The number of rotatable bonds is 4. The van der Waals surface area contributed by atoms with Gasteiger partial charge in [0, 0.05) is 10.7 Å². The predicted molar refractivity (Wildman–Crippen MR) is 83.7 cm³/mol. The van der Waals surface area contributed by atoms with Gasteiger partial charge in [0.05, 0.1) is 40.2 Å². The van der Waals surface area contributed by atoms with E-state index in [-0.39, 0.29) is 5.75 Å². The van der Waals surface area contributed by atoms with Gasteiger partial charge in [-0.1, -0.05) is 17.7 Å². The van der Waals surface area contributed by atoms with Crippen LogP contribution in [-0.4, -0.2) is 11.3 Å². The van der Waals surface area contributed by atoms with Crippen molar-refractivity contribution >= 4 is 28.1 Å². The summed E-state index contributed by atoms with van der Waals surface area (Å²) in [6.07, 6.45) is 0. The Morgan fingerprint density at radius 1 is 1.33 bits per heavy atom. The molecule has 2 aromatic rings. The van der Waals surface area contributed by atoms with Crippen molar-refractivity contribution in [2.24, 2.45) is 0 Å². The van der Waals surface area contributed by atoms with Gasteiger partial charge >= 0.3 is 0 Å². The lowest BCUT2D eigenvalue weighted by molar-refractivity contribution is 0.413. The monoisotopic (exact) mass is 320 g/mol. The van der Waals surface area contributed by atoms with Crippen molar-refractivity contribution in [2.45, 2.75) is 10.6 Å². The summed E-state index contributed by atoms with van der Waals surface area (Å²) in [5.74, 6) is 0.820. The number of anilines is 1. The Balaban J connectivity index is 2.28. The molecule has 0 aliphatic heterocycles. The molecule has 0 saturated heterocycles. The van der Waals surface area contributed by atoms with Crippen LogP contribution >= 0.6 is 11.6 Å². The molecule has 4 nitrogen and oxygen atoms in total. The second kappa shape index (κ2) is 6.61. The number of nitrogens with zero attached hydrogens (tertiary/aromatic N) is 1. The highest BCUT2D eigenvalue weighted by Gasteiger charge is 2.12. The van der Waals surface area contributed by atoms with Gasteiger partial charge in [-0.2, -0.15) is 5.26 Å². The zero-order chi connectivity index (χ0) is 15.4. The average Bonchev–Trinajstić information content (AvgIpc) is 2.49. The molecule has 1 unspecified atom stereocenters. The molecule has 21 heavy (non-hydrogen) atoms. The summed E-state index contributed by atoms with van der Waals surface area (Å²) in [5, 5.41) is 9.23. The van der Waals surface area contributed by atoms with E-state index in [1.807, 2.05) is 6.07 Å². The van der Waals surface area contributed by atoms with Crippen molar-refractivity contribution in [3.05, 3.63) is 52.5 Å². The Morgan fingerprint density at radius 2 is 2.10 bits per heavy atom. The zero-order valence-electron chi connectivity index (χ0n) is 11.3. The van der Waals surface area contributed by atoms with E-state index in [0.29, 0.717) is 32.5 Å². The van der Waals surface area contributed by atoms with Gasteiger partial charge in [0.2, 0.25) is 0 Å². The van der Waals surface area contributed by atoms with Crippen molar-refractivity contribution in [3.63, 3.8) is 0 Å². The van der Waals surface area contributed by atoms with E-state index in [1.165, 1.54) is 7.11 Å². The molecule has 0 aliphatic rings. The number of nitriles is 1. The lowest BCUT2D eigenvalue weighted by Crippen LogP contribution is -2.02. The van der Waals surface area contributed by atoms with Gasteiger partial charge in [0.1, 0.15) is 5.75 Å². The maximum atomic E-state index is 12.5. The van der Waals surface area contributed by atoms with Crippen molar-refractivity contribution in [3.8, 4) is 11.8 Å². The van der Waals surface area contributed by atoms with E-state index < -0.39 is 10.8 Å². The molecule has 0 saturated carbocycles. The second-order valence-corrected chi connectivity index (χ2v) is 6.14. The number of ether oxygens (including phenoxy) is 1. The van der Waals surface area contributed by atoms with Crippen LogP contribution in [-0.2, 0) is 16.6 Å². The highest BCUT2D eigenvalue weighted by Crippen LogP contribution is 2.26. The van der Waals surface area contributed by atoms with Gasteiger partial charge in [0.25, 0.3) is 0 Å². The van der Waals surface area contributed by atoms with Crippen molar-refractivity contribution in [2.75, 3.05) is 12.8 Å². The van der Waals surface area contributed by atoms with Crippen LogP contribution in [0.2, 0.25) is 5.02 Å². The normalized spacial score (nSPS) is 11.7. The Bertz CT molecular complexity index is 741. The standard InChI is InChI=1S/C15H13ClN2O2S/c1-20-12-4-5-14(18)15(7-12)21(19)9-11-3-2-10(8-17)6-13(11)16/h2-7H,9,18H2,1H3. The molecular formula is C15H13ClN2O2S. The molecule has 6 heteroatoms. The highest BCUT2D eigenvalue weighted by molar-refractivity contribution is 7.84. The first kappa shape index (κ1) is 15.4. The van der Waals surface area contributed by atoms with Crippen LogP contribution in [0, 0.1) is 11.3 Å². The lowest BCUT2D eigenvalue weighted by atomic mass is 10.2. The lowest BCUT2D eigenvalue weighted by Gasteiger charge is -2.09. The summed E-state index contributed by atoms with van der Waals surface area (Å²) in [4.78, 5) is 0.509. The molecular weight excluding hydrogens is 308 g/mol. The van der Waals surface area contributed by atoms with E-state index in [9.17, 15) is 4.21 Å². The Hall–Kier alpha value is -2.03. The fourth-order valence-electron chi connectivity index (χ4n) is 1.79. The Morgan fingerprint density at radius 3 is 2.71 bits per heavy atom. The van der Waals surface area contributed by atoms with Crippen LogP contribution in [0.4, 0.5) is 5.69 Å². The topological polar surface area (TPSA) is 76.1 Å². The SMILES string of the molecule is COc1ccc(N)c(S(=O)Cc2ccc(C#N)cc2Cl)c1. The number of methoxy groups -OCH3 is 1. The number of hydrogen-bond acceptors (Lipinski definition) is 4. The smallest absolute Gasteiger partial charge is 0.120 e. The third-order valence-electron chi connectivity index (χ3n) is 2.93. The minimum absolute atomic E-state index is 0.224. The molecule has 0 aliphatic carbocycles. The molecule has 0 fully saturated rings. The average molecular weight is 321 g/mol. The van der Waals surface area contributed by atoms with Gasteiger partial charge in [-0.3, -0.25) is 4.21 Å². The summed E-state index contributed by atoms with van der Waals surface area (Å²) in [6, 6.07) is 11.9. The van der Waals surface area contributed by atoms with E-state index in [4.69, 9.17) is 27.3 Å². The Labute approximate surface area is 130 Å². The van der Waals surface area contributed by atoms with E-state index in [0.717, 1.165) is 0 Å². The maximum absolute atomic E-state index is 12.5. The molecule has 0 aromatic heterocycles. The summed E-state index contributed by atoms with van der Waals surface area (Å²) < 4.78 is 17.6. The molecule has 108 valence electrons. The molecule has 0 amide bonds. The van der Waals surface area contributed by atoms with E-state index in [1.54, 1.807) is 36.4 Å². The quantitative estimate of drug-likeness (QED) is 0.878. The van der Waals surface area contributed by atoms with Crippen LogP contribution in [0.1, 0.15) is 11.1 Å². The van der Waals surface area contributed by atoms with Gasteiger partial charge in [-0.15, -0.1) is 0 Å². The summed E-state index contributed by atoms with van der Waals surface area (Å²) >= 11 is 6.10. The highest BCUT2D eigenvalue weighted by atomic mass is 35.5. The Kier molecular flexibility index (Phi) is 4.84. The van der Waals surface area contributed by atoms with Gasteiger partial charge in [-0.05, 0) is 35.9 Å². The van der Waals surface area contributed by atoms with Gasteiger partial charge in [-0.25, -0.2) is 0 Å². The summed E-state index contributed by atoms with van der Waals surface area (Å²) in [5.41, 5.74) is 7.47. The van der Waals surface area contributed by atoms with Crippen LogP contribution in [0.3, 0.4) is 0 Å². The van der Waals surface area contributed by atoms with E-state index in [2.05, 4.69) is 0 Å². The molecule has 1 atom stereocenters. The van der Waals surface area contributed by atoms with Gasteiger partial charge < -0.3 is 10.5 Å². The predicted octanol–water partition coefficient (Wildman–Crippen LogP) is 3.11. The summed E-state index contributed by atoms with van der Waals surface area (Å²) in [6.45, 7) is 0. The summed E-state index contributed by atoms with van der Waals surface area (Å²) in [7, 11) is 0.188. The van der Waals surface area contributed by atoms with Crippen LogP contribution in [0.5, 0.6) is 5.75 Å². The van der Waals surface area contributed by atoms with Crippen LogP contribution < -0.4 is 10.5 Å². The minimum atomic E-state index is -1.35. The van der Waals surface area contributed by atoms with Crippen LogP contribution in [0.15, 0.2) is 41.3 Å². The number of hydrogen-bond donors (Lipinski definition) is 1.